The number of rotatable bonds is 0. The molecule has 0 aromatic carbocycles. The van der Waals surface area contributed by atoms with Crippen LogP contribution in [0.25, 0.3) is 0 Å². The molecule has 23 heavy (non-hydrogen) atoms. The quantitative estimate of drug-likeness (QED) is 0.213. The van der Waals surface area contributed by atoms with E-state index in [2.05, 4.69) is 0 Å². The first-order valence-electron chi connectivity index (χ1n) is 0. The average Bonchev–Trinajstić information content (AvgIpc) is 0. The second-order valence-corrected chi connectivity index (χ2v) is 0. The summed E-state index contributed by atoms with van der Waals surface area (Å²) in [5, 5.41) is 0. The van der Waals surface area contributed by atoms with Crippen molar-refractivity contribution in [2.24, 2.45) is 0 Å². The fraction of sp³-hybridized carbons (Fsp3) is 0. The van der Waals surface area contributed by atoms with Gasteiger partial charge in [-0.3, -0.25) is 0 Å². The van der Waals surface area contributed by atoms with Gasteiger partial charge in [-0.15, -0.1) is 0 Å². The minimum atomic E-state index is 0. The molecule has 0 aromatic rings. The van der Waals surface area contributed by atoms with Crippen LogP contribution >= 0.6 is 0 Å². The van der Waals surface area contributed by atoms with E-state index in [-0.39, 0.29) is 152 Å². The van der Waals surface area contributed by atoms with E-state index in [0.717, 1.165) is 0 Å². The van der Waals surface area contributed by atoms with Gasteiger partial charge in [-0.25, -0.2) is 0 Å². The molecule has 0 fully saturated rings. The maximum absolute atomic E-state index is 0. The Kier molecular flexibility index (Phi) is 155000000. The van der Waals surface area contributed by atoms with Crippen molar-refractivity contribution < 1.29 is 119 Å². The largest absolute Gasteiger partial charge is 4.00 e. The molecular weight excluding hydrogens is 538 g/mol. The third-order valence-electron chi connectivity index (χ3n) is 0. The molecule has 0 aliphatic heterocycles. The Morgan fingerprint density at radius 2 is 0.130 bits per heavy atom. The zero-order valence-electron chi connectivity index (χ0n) is 9.01. The Balaban J connectivity index is 0. The Hall–Kier alpha value is 0.430. The first-order chi connectivity index (χ1) is 0. The summed E-state index contributed by atoms with van der Waals surface area (Å²) in [6, 6.07) is 0. The molecule has 0 saturated carbocycles. The second-order valence-electron chi connectivity index (χ2n) is 0. The number of hydrogen-bond acceptors (Lipinski definition) is 0. The van der Waals surface area contributed by atoms with Gasteiger partial charge in [-0.2, -0.15) is 0 Å². The van der Waals surface area contributed by atoms with Crippen molar-refractivity contribution in [1.82, 2.24) is 0 Å². The van der Waals surface area contributed by atoms with Crippen molar-refractivity contribution in [2.45, 2.75) is 0 Å². The zero-order valence-corrected chi connectivity index (χ0v) is 14.2. The van der Waals surface area contributed by atoms with Gasteiger partial charge in [0.25, 0.3) is 0 Å². The fourth-order valence-electron chi connectivity index (χ4n) is 0. The molecule has 0 bridgehead atoms. The molecule has 0 N–H and O–H groups in total. The molecule has 0 aromatic heterocycles. The normalized spacial score (nSPS) is 0. The van der Waals surface area contributed by atoms with Crippen molar-refractivity contribution in [3.05, 3.63) is 0 Å². The van der Waals surface area contributed by atoms with Crippen molar-refractivity contribution in [2.75, 3.05) is 0 Å². The van der Waals surface area contributed by atoms with Crippen LogP contribution in [0.1, 0.15) is 0 Å². The van der Waals surface area contributed by atoms with Crippen LogP contribution in [0.15, 0.2) is 0 Å². The van der Waals surface area contributed by atoms with Gasteiger partial charge in [0, 0.05) is 0 Å². The smallest absolute Gasteiger partial charge is 1.00 e. The van der Waals surface area contributed by atoms with Crippen molar-refractivity contribution in [3.63, 3.8) is 0 Å². The number of hydrogen-bond donors (Lipinski definition) is 0. The summed E-state index contributed by atoms with van der Waals surface area (Å²) in [7, 11) is 0. The molecule has 0 saturated heterocycles. The summed E-state index contributed by atoms with van der Waals surface area (Å²) < 4.78 is 0. The van der Waals surface area contributed by atoms with Crippen LogP contribution in [-0.2, 0) is 34.1 Å². The summed E-state index contributed by atoms with van der Waals surface area (Å²) in [6.07, 6.45) is 0. The van der Waals surface area contributed by atoms with E-state index in [4.69, 9.17) is 0 Å². The predicted octanol–water partition coefficient (Wildman–Crippen LogP) is -55.1. The van der Waals surface area contributed by atoms with Gasteiger partial charge in [-0.1, -0.05) is 0 Å². The molecule has 2 radical (unpaired) electrons. The monoisotopic (exact) mass is 538 g/mol. The molecular formula is F18Fe2Si3. The van der Waals surface area contributed by atoms with E-state index < -0.39 is 0 Å². The van der Waals surface area contributed by atoms with E-state index in [0.29, 0.717) is 0 Å². The third-order valence-corrected chi connectivity index (χ3v) is 0. The van der Waals surface area contributed by atoms with Gasteiger partial charge in [0.15, 0.2) is 0 Å². The molecule has 0 atom stereocenters. The Bertz CT molecular complexity index is 22.2. The SMILES string of the molecule is [F-].[F-].[F-].[F-].[F-].[F-].[F-].[F-].[F-].[F-].[F-].[F-].[F-].[F-].[F-].[F-].[F-].[F-].[Fe+3].[Fe+3].[Si+4].[Si+4].[Si+4]. The van der Waals surface area contributed by atoms with Gasteiger partial charge in [0.1, 0.15) is 0 Å². The van der Waals surface area contributed by atoms with Gasteiger partial charge in [0.05, 0.1) is 0 Å². The maximum atomic E-state index is 0. The molecule has 0 amide bonds. The summed E-state index contributed by atoms with van der Waals surface area (Å²) in [5.41, 5.74) is 0. The topological polar surface area (TPSA) is 0 Å². The van der Waals surface area contributed by atoms with Gasteiger partial charge in [-0.05, 0) is 0 Å². The van der Waals surface area contributed by atoms with Gasteiger partial charge in [0.2, 0.25) is 0 Å². The minimum Gasteiger partial charge on any atom is -1.00 e. The molecule has 0 nitrogen and oxygen atoms in total. The van der Waals surface area contributed by atoms with Crippen LogP contribution in [0.2, 0.25) is 0 Å². The molecule has 0 rings (SSSR count). The summed E-state index contributed by atoms with van der Waals surface area (Å²) in [6.45, 7) is 0. The molecule has 0 aliphatic carbocycles. The van der Waals surface area contributed by atoms with Crippen LogP contribution in [0.4, 0.5) is 0 Å². The van der Waals surface area contributed by atoms with E-state index in [1.54, 1.807) is 0 Å². The van der Waals surface area contributed by atoms with Crippen LogP contribution in [0, 0.1) is 0 Å². The minimum absolute atomic E-state index is 0. The zero-order chi connectivity index (χ0) is 0. The first kappa shape index (κ1) is 63900. The fourth-order valence-corrected chi connectivity index (χ4v) is 0. The molecule has 23 heteroatoms. The van der Waals surface area contributed by atoms with E-state index >= 15 is 0 Å². The summed E-state index contributed by atoms with van der Waals surface area (Å²) in [5.74, 6) is 0. The Morgan fingerprint density at radius 3 is 0.130 bits per heavy atom. The molecule has 0 aliphatic rings. The molecule has 0 unspecified atom stereocenters. The van der Waals surface area contributed by atoms with Crippen molar-refractivity contribution in [1.29, 1.82) is 0 Å². The maximum Gasteiger partial charge on any atom is 4.00 e. The Morgan fingerprint density at radius 1 is 0.130 bits per heavy atom. The third kappa shape index (κ3) is 50700. The number of halogens is 18. The van der Waals surface area contributed by atoms with E-state index in [1.807, 2.05) is 0 Å². The standard InChI is InChI=1S/18FH.2Fe.3Si/h18*1H;;;;;/q;;;;;;;;;;;;;;;;;;2*+3;3*+4/p-18. The van der Waals surface area contributed by atoms with E-state index in [1.165, 1.54) is 0 Å². The van der Waals surface area contributed by atoms with Crippen LogP contribution in [0.5, 0.6) is 0 Å². The molecule has 0 heterocycles. The second kappa shape index (κ2) is 55800. The van der Waals surface area contributed by atoms with Crippen molar-refractivity contribution >= 4 is 32.9 Å². The van der Waals surface area contributed by atoms with Crippen LogP contribution < -0.4 is 84.7 Å². The van der Waals surface area contributed by atoms with Gasteiger partial charge >= 0.3 is 67.0 Å². The first-order valence-corrected chi connectivity index (χ1v) is 0. The molecule has 0 spiro atoms. The average molecular weight is 538 g/mol. The van der Waals surface area contributed by atoms with Crippen LogP contribution in [-0.4, -0.2) is 32.9 Å². The van der Waals surface area contributed by atoms with Gasteiger partial charge < -0.3 is 84.7 Å². The predicted molar refractivity (Wildman–Crippen MR) is 17.3 cm³/mol. The molecule has 154 valence electrons. The van der Waals surface area contributed by atoms with Crippen molar-refractivity contribution in [3.8, 4) is 0 Å². The summed E-state index contributed by atoms with van der Waals surface area (Å²) >= 11 is 0. The van der Waals surface area contributed by atoms with E-state index in [9.17, 15) is 0 Å². The summed E-state index contributed by atoms with van der Waals surface area (Å²) in [4.78, 5) is 0. The van der Waals surface area contributed by atoms with Crippen LogP contribution in [0.3, 0.4) is 0 Å². The Labute approximate surface area is 152 Å².